The molecular weight excluding hydrogens is 757 g/mol. The van der Waals surface area contributed by atoms with Crippen LogP contribution in [-0.4, -0.2) is 9.97 Å². The van der Waals surface area contributed by atoms with Crippen LogP contribution in [0.25, 0.3) is 130 Å². The molecule has 13 aromatic rings. The van der Waals surface area contributed by atoms with E-state index in [0.29, 0.717) is 5.82 Å². The van der Waals surface area contributed by atoms with Gasteiger partial charge in [-0.2, -0.15) is 0 Å². The van der Waals surface area contributed by atoms with Crippen molar-refractivity contribution in [2.24, 2.45) is 0 Å². The quantitative estimate of drug-likeness (QED) is 0.162. The summed E-state index contributed by atoms with van der Waals surface area (Å²) in [6.07, 6.45) is 0. The lowest BCUT2D eigenvalue weighted by Crippen LogP contribution is -1.96. The lowest BCUT2D eigenvalue weighted by molar-refractivity contribution is 1.18. The lowest BCUT2D eigenvalue weighted by atomic mass is 9.87. The van der Waals surface area contributed by atoms with Crippen molar-refractivity contribution in [3.8, 4) is 55.5 Å². The van der Waals surface area contributed by atoms with Gasteiger partial charge in [0.1, 0.15) is 0 Å². The second-order valence-corrected chi connectivity index (χ2v) is 17.2. The minimum absolute atomic E-state index is 0.699. The predicted octanol–water partition coefficient (Wildman–Crippen LogP) is 16.4. The normalized spacial score (nSPS) is 11.9. The Balaban J connectivity index is 1.06. The molecule has 0 saturated heterocycles. The zero-order valence-electron chi connectivity index (χ0n) is 32.9. The molecule has 2 heterocycles. The van der Waals surface area contributed by atoms with E-state index in [9.17, 15) is 0 Å². The van der Waals surface area contributed by atoms with Crippen molar-refractivity contribution < 1.29 is 0 Å². The van der Waals surface area contributed by atoms with E-state index in [4.69, 9.17) is 9.97 Å². The first-order chi connectivity index (χ1) is 30.2. The molecular formula is C58H34N2S. The first-order valence-corrected chi connectivity index (χ1v) is 21.6. The minimum atomic E-state index is 0.699. The topological polar surface area (TPSA) is 25.8 Å². The van der Waals surface area contributed by atoms with Gasteiger partial charge >= 0.3 is 0 Å². The molecule has 2 aromatic heterocycles. The molecule has 2 nitrogen and oxygen atoms in total. The maximum Gasteiger partial charge on any atom is 0.160 e. The van der Waals surface area contributed by atoms with Gasteiger partial charge < -0.3 is 0 Å². The highest BCUT2D eigenvalue weighted by molar-refractivity contribution is 7.22. The molecule has 0 N–H and O–H groups in total. The molecule has 282 valence electrons. The maximum absolute atomic E-state index is 5.41. The fourth-order valence-corrected chi connectivity index (χ4v) is 10.7. The Morgan fingerprint density at radius 1 is 0.279 bits per heavy atom. The Morgan fingerprint density at radius 3 is 1.43 bits per heavy atom. The van der Waals surface area contributed by atoms with Crippen LogP contribution in [0.3, 0.4) is 0 Å². The van der Waals surface area contributed by atoms with Gasteiger partial charge in [-0.25, -0.2) is 9.97 Å². The van der Waals surface area contributed by atoms with Crippen LogP contribution < -0.4 is 0 Å². The number of fused-ring (bicyclic) bond motifs is 3. The summed E-state index contributed by atoms with van der Waals surface area (Å²) < 4.78 is 1.30. The van der Waals surface area contributed by atoms with Crippen molar-refractivity contribution in [3.05, 3.63) is 206 Å². The van der Waals surface area contributed by atoms with Crippen LogP contribution in [0, 0.1) is 0 Å². The van der Waals surface area contributed by atoms with Crippen LogP contribution in [0.2, 0.25) is 0 Å². The van der Waals surface area contributed by atoms with E-state index < -0.39 is 0 Å². The lowest BCUT2D eigenvalue weighted by Gasteiger charge is -2.17. The standard InChI is InChI=1S/C58H34N2S/c1-2-9-35(10-3-1)36-19-28-42(29-20-36)58-59-50(37-21-23-38(24-22-37)53-33-43-11-4-5-18-52(43)61-53)34-51(60-58)45-31-44-30-27-41-13-7-16-47-46-15-6-12-39-25-26-40-14-8-17-48(56(40)54(39)46)49(32-45)57(44)55(41)47/h1-34H. The average molecular weight is 791 g/mol. The Labute approximate surface area is 356 Å². The van der Waals surface area contributed by atoms with Crippen LogP contribution in [0.5, 0.6) is 0 Å². The van der Waals surface area contributed by atoms with E-state index in [2.05, 4.69) is 206 Å². The molecule has 0 amide bonds. The van der Waals surface area contributed by atoms with Crippen LogP contribution in [0.15, 0.2) is 206 Å². The van der Waals surface area contributed by atoms with Crippen LogP contribution in [0.1, 0.15) is 0 Å². The fraction of sp³-hybridized carbons (Fsp3) is 0. The highest BCUT2D eigenvalue weighted by atomic mass is 32.1. The number of hydrogen-bond donors (Lipinski definition) is 0. The first-order valence-electron chi connectivity index (χ1n) is 20.8. The molecule has 0 aliphatic rings. The molecule has 0 bridgehead atoms. The summed E-state index contributed by atoms with van der Waals surface area (Å²) in [4.78, 5) is 12.0. The third kappa shape index (κ3) is 5.48. The molecule has 0 radical (unpaired) electrons. The van der Waals surface area contributed by atoms with Crippen LogP contribution in [0.4, 0.5) is 0 Å². The Morgan fingerprint density at radius 2 is 0.770 bits per heavy atom. The molecule has 11 aromatic carbocycles. The third-order valence-corrected chi connectivity index (χ3v) is 13.8. The summed E-state index contributed by atoms with van der Waals surface area (Å²) >= 11 is 1.83. The monoisotopic (exact) mass is 790 g/mol. The average Bonchev–Trinajstić information content (AvgIpc) is 3.77. The Bertz CT molecular complexity index is 3810. The summed E-state index contributed by atoms with van der Waals surface area (Å²) in [5.41, 5.74) is 8.41. The Hall–Kier alpha value is -7.72. The minimum Gasteiger partial charge on any atom is -0.228 e. The molecule has 0 aliphatic carbocycles. The van der Waals surface area contributed by atoms with Gasteiger partial charge in [0.2, 0.25) is 0 Å². The SMILES string of the molecule is c1ccc(-c2ccc(-c3nc(-c4ccc(-c5cc6ccccc6s5)cc4)cc(-c4cc5ccc6cccc7c8cccc9ccc%10cccc(c(c4)c5c67)c%10c98)n3)cc2)cc1. The van der Waals surface area contributed by atoms with Gasteiger partial charge in [0.05, 0.1) is 11.4 Å². The van der Waals surface area contributed by atoms with E-state index >= 15 is 0 Å². The number of aromatic nitrogens is 2. The number of thiophene rings is 1. The van der Waals surface area contributed by atoms with Gasteiger partial charge in [0, 0.05) is 26.3 Å². The van der Waals surface area contributed by atoms with Crippen molar-refractivity contribution >= 4 is 86.1 Å². The highest BCUT2D eigenvalue weighted by Gasteiger charge is 2.18. The summed E-state index contributed by atoms with van der Waals surface area (Å²) in [5.74, 6) is 0.699. The van der Waals surface area contributed by atoms with Gasteiger partial charge in [0.25, 0.3) is 0 Å². The van der Waals surface area contributed by atoms with Gasteiger partial charge in [-0.3, -0.25) is 0 Å². The highest BCUT2D eigenvalue weighted by Crippen LogP contribution is 2.45. The second kappa shape index (κ2) is 13.4. The number of benzene rings is 10. The van der Waals surface area contributed by atoms with Crippen LogP contribution in [-0.2, 0) is 0 Å². The van der Waals surface area contributed by atoms with Crippen molar-refractivity contribution in [1.82, 2.24) is 9.97 Å². The van der Waals surface area contributed by atoms with Crippen molar-refractivity contribution in [3.63, 3.8) is 0 Å². The van der Waals surface area contributed by atoms with Gasteiger partial charge in [-0.05, 0) is 117 Å². The van der Waals surface area contributed by atoms with E-state index in [0.717, 1.165) is 33.6 Å². The van der Waals surface area contributed by atoms with E-state index in [1.54, 1.807) is 0 Å². The molecule has 0 aliphatic heterocycles. The molecule has 3 heteroatoms. The zero-order chi connectivity index (χ0) is 40.0. The van der Waals surface area contributed by atoms with E-state index in [1.807, 2.05) is 11.3 Å². The van der Waals surface area contributed by atoms with Gasteiger partial charge in [0.15, 0.2) is 5.82 Å². The van der Waals surface area contributed by atoms with Crippen LogP contribution >= 0.6 is 11.3 Å². The maximum atomic E-state index is 5.41. The molecule has 0 spiro atoms. The zero-order valence-corrected chi connectivity index (χ0v) is 33.7. The summed E-state index contributed by atoms with van der Waals surface area (Å²) in [6, 6.07) is 75.2. The van der Waals surface area contributed by atoms with Crippen molar-refractivity contribution in [2.45, 2.75) is 0 Å². The second-order valence-electron chi connectivity index (χ2n) is 16.1. The van der Waals surface area contributed by atoms with Gasteiger partial charge in [-0.1, -0.05) is 176 Å². The van der Waals surface area contributed by atoms with Gasteiger partial charge in [-0.15, -0.1) is 11.3 Å². The fourth-order valence-electron chi connectivity index (χ4n) is 9.68. The van der Waals surface area contributed by atoms with E-state index in [1.165, 1.54) is 90.7 Å². The molecule has 61 heavy (non-hydrogen) atoms. The number of rotatable bonds is 5. The van der Waals surface area contributed by atoms with E-state index in [-0.39, 0.29) is 0 Å². The summed E-state index contributed by atoms with van der Waals surface area (Å²) in [7, 11) is 0. The molecule has 13 rings (SSSR count). The smallest absolute Gasteiger partial charge is 0.160 e. The molecule has 0 unspecified atom stereocenters. The van der Waals surface area contributed by atoms with Crippen molar-refractivity contribution in [1.29, 1.82) is 0 Å². The van der Waals surface area contributed by atoms with Crippen molar-refractivity contribution in [2.75, 3.05) is 0 Å². The molecule has 0 fully saturated rings. The Kier molecular flexibility index (Phi) is 7.51. The number of hydrogen-bond acceptors (Lipinski definition) is 3. The summed E-state index contributed by atoms with van der Waals surface area (Å²) in [6.45, 7) is 0. The third-order valence-electron chi connectivity index (χ3n) is 12.6. The predicted molar refractivity (Wildman–Crippen MR) is 261 cm³/mol. The first kappa shape index (κ1) is 34.2. The molecule has 0 atom stereocenters. The summed E-state index contributed by atoms with van der Waals surface area (Å²) in [5, 5.41) is 16.4. The largest absolute Gasteiger partial charge is 0.228 e. The number of nitrogens with zero attached hydrogens (tertiary/aromatic N) is 2. The molecule has 0 saturated carbocycles.